The number of nitrogens with one attached hydrogen (secondary N) is 1. The van der Waals surface area contributed by atoms with Gasteiger partial charge in [-0.3, -0.25) is 4.90 Å². The molecule has 1 aromatic carbocycles. The van der Waals surface area contributed by atoms with Gasteiger partial charge in [0.1, 0.15) is 0 Å². The van der Waals surface area contributed by atoms with Gasteiger partial charge < -0.3 is 5.32 Å². The summed E-state index contributed by atoms with van der Waals surface area (Å²) in [7, 11) is 0. The molecule has 0 saturated carbocycles. The standard InChI is InChI=1S/C14H20N2/c1-2-8-16-12-9-15-10-13(16)14(12)11-6-4-3-5-7-11/h3-7,12-15H,2,8-10H2,1H3/t12-,13+,14?. The van der Waals surface area contributed by atoms with Gasteiger partial charge in [0.2, 0.25) is 0 Å². The molecule has 1 N–H and O–H groups in total. The van der Waals surface area contributed by atoms with E-state index in [1.54, 1.807) is 0 Å². The number of fused-ring (bicyclic) bond motifs is 2. The number of hydrogen-bond donors (Lipinski definition) is 1. The molecule has 0 radical (unpaired) electrons. The third kappa shape index (κ3) is 1.48. The second-order valence-corrected chi connectivity index (χ2v) is 4.97. The maximum absolute atomic E-state index is 3.53. The van der Waals surface area contributed by atoms with E-state index in [0.29, 0.717) is 0 Å². The van der Waals surface area contributed by atoms with Crippen molar-refractivity contribution in [3.05, 3.63) is 35.9 Å². The van der Waals surface area contributed by atoms with Crippen molar-refractivity contribution in [1.82, 2.24) is 10.2 Å². The Balaban J connectivity index is 1.79. The van der Waals surface area contributed by atoms with Gasteiger partial charge in [-0.1, -0.05) is 37.3 Å². The predicted octanol–water partition coefficient (Wildman–Crippen LogP) is 1.84. The second kappa shape index (κ2) is 4.19. The first-order valence-corrected chi connectivity index (χ1v) is 6.43. The fourth-order valence-electron chi connectivity index (χ4n) is 3.39. The van der Waals surface area contributed by atoms with E-state index in [0.717, 1.165) is 31.1 Å². The topological polar surface area (TPSA) is 15.3 Å². The van der Waals surface area contributed by atoms with E-state index >= 15 is 0 Å². The summed E-state index contributed by atoms with van der Waals surface area (Å²) in [6.45, 7) is 5.87. The first-order chi connectivity index (χ1) is 7.92. The Bertz CT molecular complexity index is 337. The second-order valence-electron chi connectivity index (χ2n) is 4.97. The number of hydrogen-bond acceptors (Lipinski definition) is 2. The lowest BCUT2D eigenvalue weighted by Crippen LogP contribution is -2.72. The molecule has 0 aliphatic carbocycles. The van der Waals surface area contributed by atoms with Crippen LogP contribution in [-0.4, -0.2) is 36.6 Å². The number of piperidine rings is 1. The van der Waals surface area contributed by atoms with Crippen LogP contribution < -0.4 is 5.32 Å². The first-order valence-electron chi connectivity index (χ1n) is 6.43. The fraction of sp³-hybridized carbons (Fsp3) is 0.571. The van der Waals surface area contributed by atoms with E-state index in [4.69, 9.17) is 0 Å². The largest absolute Gasteiger partial charge is 0.314 e. The van der Waals surface area contributed by atoms with E-state index in [1.807, 2.05) is 0 Å². The van der Waals surface area contributed by atoms with Crippen LogP contribution in [0.2, 0.25) is 0 Å². The van der Waals surface area contributed by atoms with Crippen LogP contribution in [0.5, 0.6) is 0 Å². The Morgan fingerprint density at radius 2 is 1.88 bits per heavy atom. The summed E-state index contributed by atoms with van der Waals surface area (Å²) in [5.41, 5.74) is 1.53. The number of nitrogens with zero attached hydrogens (tertiary/aromatic N) is 1. The van der Waals surface area contributed by atoms with Crippen molar-refractivity contribution in [2.24, 2.45) is 0 Å². The maximum Gasteiger partial charge on any atom is 0.0308 e. The SMILES string of the molecule is CCCN1[C@@H]2CNC[C@H]1C2c1ccccc1. The molecule has 2 bridgehead atoms. The lowest BCUT2D eigenvalue weighted by Gasteiger charge is -2.59. The molecule has 3 rings (SSSR count). The normalized spacial score (nSPS) is 33.4. The molecule has 1 aromatic rings. The Kier molecular flexibility index (Phi) is 2.70. The van der Waals surface area contributed by atoms with E-state index in [-0.39, 0.29) is 0 Å². The molecule has 2 fully saturated rings. The molecule has 0 amide bonds. The van der Waals surface area contributed by atoms with Crippen molar-refractivity contribution in [1.29, 1.82) is 0 Å². The van der Waals surface area contributed by atoms with Crippen LogP contribution in [0, 0.1) is 0 Å². The Morgan fingerprint density at radius 1 is 1.19 bits per heavy atom. The fourth-order valence-corrected chi connectivity index (χ4v) is 3.39. The number of rotatable bonds is 3. The molecule has 0 spiro atoms. The molecular weight excluding hydrogens is 196 g/mol. The van der Waals surface area contributed by atoms with Gasteiger partial charge in [0.15, 0.2) is 0 Å². The summed E-state index contributed by atoms with van der Waals surface area (Å²) >= 11 is 0. The van der Waals surface area contributed by atoms with Gasteiger partial charge >= 0.3 is 0 Å². The van der Waals surface area contributed by atoms with Gasteiger partial charge in [-0.05, 0) is 18.5 Å². The summed E-state index contributed by atoms with van der Waals surface area (Å²) in [5, 5.41) is 3.53. The predicted molar refractivity (Wildman–Crippen MR) is 66.6 cm³/mol. The molecule has 3 atom stereocenters. The Morgan fingerprint density at radius 3 is 2.50 bits per heavy atom. The highest BCUT2D eigenvalue weighted by atomic mass is 15.3. The van der Waals surface area contributed by atoms with Gasteiger partial charge in [0.05, 0.1) is 0 Å². The van der Waals surface area contributed by atoms with E-state index < -0.39 is 0 Å². The van der Waals surface area contributed by atoms with Gasteiger partial charge in [-0.15, -0.1) is 0 Å². The average Bonchev–Trinajstić information content (AvgIpc) is 2.37. The smallest absolute Gasteiger partial charge is 0.0308 e. The summed E-state index contributed by atoms with van der Waals surface area (Å²) in [5.74, 6) is 0.772. The zero-order valence-corrected chi connectivity index (χ0v) is 9.89. The lowest BCUT2D eigenvalue weighted by atomic mass is 9.72. The van der Waals surface area contributed by atoms with Crippen molar-refractivity contribution < 1.29 is 0 Å². The quantitative estimate of drug-likeness (QED) is 0.829. The van der Waals surface area contributed by atoms with Crippen LogP contribution >= 0.6 is 0 Å². The molecule has 2 aliphatic heterocycles. The van der Waals surface area contributed by atoms with Crippen molar-refractivity contribution in [3.63, 3.8) is 0 Å². The van der Waals surface area contributed by atoms with E-state index in [1.165, 1.54) is 18.5 Å². The molecular formula is C14H20N2. The molecule has 1 unspecified atom stereocenters. The van der Waals surface area contributed by atoms with Gasteiger partial charge in [-0.25, -0.2) is 0 Å². The number of piperazine rings is 1. The van der Waals surface area contributed by atoms with Crippen molar-refractivity contribution in [3.8, 4) is 0 Å². The van der Waals surface area contributed by atoms with Crippen LogP contribution in [0.25, 0.3) is 0 Å². The molecule has 2 heterocycles. The third-order valence-electron chi connectivity index (χ3n) is 4.05. The average molecular weight is 216 g/mol. The van der Waals surface area contributed by atoms with Crippen LogP contribution in [0.1, 0.15) is 24.8 Å². The van der Waals surface area contributed by atoms with Crippen LogP contribution in [0.4, 0.5) is 0 Å². The van der Waals surface area contributed by atoms with Crippen molar-refractivity contribution in [2.75, 3.05) is 19.6 Å². The molecule has 2 heteroatoms. The monoisotopic (exact) mass is 216 g/mol. The minimum absolute atomic E-state index is 0.737. The van der Waals surface area contributed by atoms with E-state index in [2.05, 4.69) is 47.5 Å². The van der Waals surface area contributed by atoms with Crippen molar-refractivity contribution >= 4 is 0 Å². The lowest BCUT2D eigenvalue weighted by molar-refractivity contribution is -0.0408. The summed E-state index contributed by atoms with van der Waals surface area (Å²) in [4.78, 5) is 2.69. The minimum Gasteiger partial charge on any atom is -0.314 e. The molecule has 2 nitrogen and oxygen atoms in total. The van der Waals surface area contributed by atoms with E-state index in [9.17, 15) is 0 Å². The summed E-state index contributed by atoms with van der Waals surface area (Å²) in [6.07, 6.45) is 1.27. The Hall–Kier alpha value is -0.860. The molecule has 86 valence electrons. The Labute approximate surface area is 97.6 Å². The van der Waals surface area contributed by atoms with Crippen LogP contribution in [-0.2, 0) is 0 Å². The summed E-state index contributed by atoms with van der Waals surface area (Å²) < 4.78 is 0. The van der Waals surface area contributed by atoms with Gasteiger partial charge in [0.25, 0.3) is 0 Å². The zero-order chi connectivity index (χ0) is 11.0. The number of benzene rings is 1. The molecule has 2 saturated heterocycles. The molecule has 16 heavy (non-hydrogen) atoms. The third-order valence-corrected chi connectivity index (χ3v) is 4.05. The highest BCUT2D eigenvalue weighted by molar-refractivity contribution is 5.29. The van der Waals surface area contributed by atoms with Gasteiger partial charge in [0, 0.05) is 31.1 Å². The minimum atomic E-state index is 0.737. The van der Waals surface area contributed by atoms with Crippen molar-refractivity contribution in [2.45, 2.75) is 31.3 Å². The highest BCUT2D eigenvalue weighted by Crippen LogP contribution is 2.42. The zero-order valence-electron chi connectivity index (χ0n) is 9.89. The van der Waals surface area contributed by atoms with Crippen LogP contribution in [0.15, 0.2) is 30.3 Å². The molecule has 0 aromatic heterocycles. The highest BCUT2D eigenvalue weighted by Gasteiger charge is 2.50. The van der Waals surface area contributed by atoms with Gasteiger partial charge in [-0.2, -0.15) is 0 Å². The first kappa shape index (κ1) is 10.3. The molecule has 2 aliphatic rings. The summed E-state index contributed by atoms with van der Waals surface area (Å²) in [6, 6.07) is 12.5. The van der Waals surface area contributed by atoms with Crippen LogP contribution in [0.3, 0.4) is 0 Å². The maximum atomic E-state index is 3.53.